The largest absolute Gasteiger partial charge is 0.479 e. The van der Waals surface area contributed by atoms with Gasteiger partial charge < -0.3 is 15.6 Å². The summed E-state index contributed by atoms with van der Waals surface area (Å²) in [5, 5.41) is 13.9. The number of carbonyl (C=O) groups is 1. The lowest BCUT2D eigenvalue weighted by molar-refractivity contribution is -0.145. The highest BCUT2D eigenvalue weighted by molar-refractivity contribution is 5.72. The lowest BCUT2D eigenvalue weighted by Crippen LogP contribution is -2.27. The number of anilines is 1. The number of ether oxygens (including phenoxy) is 1. The zero-order valence-corrected chi connectivity index (χ0v) is 15.2. The number of unbranched alkanes of at least 4 members (excludes halogenated alkanes) is 1. The maximum Gasteiger partial charge on any atom is 0.344 e. The third-order valence-electron chi connectivity index (χ3n) is 4.20. The first-order valence-electron chi connectivity index (χ1n) is 8.74. The van der Waals surface area contributed by atoms with E-state index in [1.54, 1.807) is 18.7 Å². The van der Waals surface area contributed by atoms with Gasteiger partial charge in [-0.2, -0.15) is 5.10 Å². The number of nitrogen functional groups attached to an aromatic ring is 1. The second kappa shape index (κ2) is 8.55. The molecule has 1 aromatic carbocycles. The molecule has 1 heterocycles. The molecule has 0 spiro atoms. The van der Waals surface area contributed by atoms with Crippen LogP contribution in [0.1, 0.15) is 49.9 Å². The van der Waals surface area contributed by atoms with E-state index in [-0.39, 0.29) is 0 Å². The molecule has 1 aromatic heterocycles. The van der Waals surface area contributed by atoms with Crippen molar-refractivity contribution in [1.29, 1.82) is 0 Å². The van der Waals surface area contributed by atoms with Crippen LogP contribution in [0.4, 0.5) is 5.69 Å². The Morgan fingerprint density at radius 2 is 2.00 bits per heavy atom. The van der Waals surface area contributed by atoms with Crippen LogP contribution in [0.3, 0.4) is 0 Å². The highest BCUT2D eigenvalue weighted by Gasteiger charge is 2.24. The van der Waals surface area contributed by atoms with Crippen LogP contribution >= 0.6 is 0 Å². The number of nitrogens with two attached hydrogens (primary N) is 1. The summed E-state index contributed by atoms with van der Waals surface area (Å²) in [5.74, 6) is -0.422. The fourth-order valence-electron chi connectivity index (χ4n) is 2.76. The van der Waals surface area contributed by atoms with E-state index in [1.165, 1.54) is 0 Å². The highest BCUT2D eigenvalue weighted by Crippen LogP contribution is 2.28. The number of hydrogen-bond acceptors (Lipinski definition) is 4. The highest BCUT2D eigenvalue weighted by atomic mass is 16.5. The quantitative estimate of drug-likeness (QED) is 0.681. The van der Waals surface area contributed by atoms with Crippen LogP contribution in [0, 0.1) is 0 Å². The van der Waals surface area contributed by atoms with Gasteiger partial charge in [-0.05, 0) is 37.0 Å². The Morgan fingerprint density at radius 1 is 1.32 bits per heavy atom. The van der Waals surface area contributed by atoms with Gasteiger partial charge in [-0.25, -0.2) is 9.48 Å². The second-order valence-corrected chi connectivity index (χ2v) is 6.23. The average molecular weight is 345 g/mol. The van der Waals surface area contributed by atoms with Crippen molar-refractivity contribution < 1.29 is 14.6 Å². The van der Waals surface area contributed by atoms with E-state index in [9.17, 15) is 9.90 Å². The molecule has 0 radical (unpaired) electrons. The number of hydrogen-bond donors (Lipinski definition) is 2. The Hall–Kier alpha value is -2.50. The molecule has 0 saturated carbocycles. The first-order valence-corrected chi connectivity index (χ1v) is 8.74. The zero-order chi connectivity index (χ0) is 18.4. The van der Waals surface area contributed by atoms with Crippen LogP contribution < -0.4 is 10.5 Å². The maximum atomic E-state index is 11.4. The molecule has 0 saturated heterocycles. The van der Waals surface area contributed by atoms with Gasteiger partial charge >= 0.3 is 5.97 Å². The minimum Gasteiger partial charge on any atom is -0.479 e. The minimum atomic E-state index is -0.961. The first-order chi connectivity index (χ1) is 12.0. The number of aryl methyl sites for hydroxylation is 2. The van der Waals surface area contributed by atoms with Crippen LogP contribution in [0.25, 0.3) is 0 Å². The SMILES string of the molecule is CCCCc1nn(C)c(OC(CC)C(=O)O)c1Cc1ccc(N)cc1. The Kier molecular flexibility index (Phi) is 6.44. The number of carboxylic acid groups (broad SMARTS) is 1. The summed E-state index contributed by atoms with van der Waals surface area (Å²) >= 11 is 0. The van der Waals surface area contributed by atoms with Crippen molar-refractivity contribution in [1.82, 2.24) is 9.78 Å². The molecule has 25 heavy (non-hydrogen) atoms. The Labute approximate surface area is 148 Å². The molecule has 0 fully saturated rings. The summed E-state index contributed by atoms with van der Waals surface area (Å²) < 4.78 is 7.48. The predicted octanol–water partition coefficient (Wildman–Crippen LogP) is 3.18. The van der Waals surface area contributed by atoms with Crippen molar-refractivity contribution in [2.24, 2.45) is 7.05 Å². The molecule has 0 aliphatic heterocycles. The van der Waals surface area contributed by atoms with E-state index in [0.717, 1.165) is 41.8 Å². The van der Waals surface area contributed by atoms with Crippen molar-refractivity contribution in [2.75, 3.05) is 5.73 Å². The molecule has 0 amide bonds. The second-order valence-electron chi connectivity index (χ2n) is 6.23. The summed E-state index contributed by atoms with van der Waals surface area (Å²) in [7, 11) is 1.80. The summed E-state index contributed by atoms with van der Waals surface area (Å²) in [6.45, 7) is 3.93. The molecule has 6 heteroatoms. The van der Waals surface area contributed by atoms with Gasteiger partial charge in [0.15, 0.2) is 6.10 Å². The van der Waals surface area contributed by atoms with Crippen molar-refractivity contribution in [2.45, 2.75) is 52.1 Å². The number of aliphatic carboxylic acids is 1. The first kappa shape index (κ1) is 18.8. The lowest BCUT2D eigenvalue weighted by Gasteiger charge is -2.15. The lowest BCUT2D eigenvalue weighted by atomic mass is 10.0. The van der Waals surface area contributed by atoms with Gasteiger partial charge in [0, 0.05) is 24.7 Å². The van der Waals surface area contributed by atoms with Gasteiger partial charge in [-0.15, -0.1) is 0 Å². The molecule has 6 nitrogen and oxygen atoms in total. The van der Waals surface area contributed by atoms with Crippen LogP contribution in [-0.4, -0.2) is 27.0 Å². The maximum absolute atomic E-state index is 11.4. The van der Waals surface area contributed by atoms with Crippen molar-refractivity contribution in [3.05, 3.63) is 41.1 Å². The fourth-order valence-corrected chi connectivity index (χ4v) is 2.76. The van der Waals surface area contributed by atoms with E-state index < -0.39 is 12.1 Å². The molecule has 1 unspecified atom stereocenters. The molecule has 2 rings (SSSR count). The summed E-state index contributed by atoms with van der Waals surface area (Å²) in [6.07, 6.45) is 3.11. The third-order valence-corrected chi connectivity index (χ3v) is 4.20. The van der Waals surface area contributed by atoms with E-state index in [4.69, 9.17) is 10.5 Å². The predicted molar refractivity (Wildman–Crippen MR) is 97.8 cm³/mol. The number of rotatable bonds is 9. The molecule has 2 aromatic rings. The zero-order valence-electron chi connectivity index (χ0n) is 15.2. The smallest absolute Gasteiger partial charge is 0.344 e. The Balaban J connectivity index is 2.37. The van der Waals surface area contributed by atoms with E-state index in [0.29, 0.717) is 18.7 Å². The molecule has 0 bridgehead atoms. The van der Waals surface area contributed by atoms with Gasteiger partial charge in [0.2, 0.25) is 5.88 Å². The fraction of sp³-hybridized carbons (Fsp3) is 0.474. The molecular formula is C19H27N3O3. The monoisotopic (exact) mass is 345 g/mol. The number of carboxylic acids is 1. The van der Waals surface area contributed by atoms with E-state index in [2.05, 4.69) is 12.0 Å². The van der Waals surface area contributed by atoms with E-state index >= 15 is 0 Å². The normalized spacial score (nSPS) is 12.1. The average Bonchev–Trinajstić information content (AvgIpc) is 2.87. The summed E-state index contributed by atoms with van der Waals surface area (Å²) in [5.41, 5.74) is 9.50. The number of aromatic nitrogens is 2. The summed E-state index contributed by atoms with van der Waals surface area (Å²) in [4.78, 5) is 11.4. The van der Waals surface area contributed by atoms with Crippen LogP contribution in [0.15, 0.2) is 24.3 Å². The summed E-state index contributed by atoms with van der Waals surface area (Å²) in [6, 6.07) is 7.68. The molecule has 1 atom stereocenters. The van der Waals surface area contributed by atoms with E-state index in [1.807, 2.05) is 24.3 Å². The van der Waals surface area contributed by atoms with Gasteiger partial charge in [-0.1, -0.05) is 32.4 Å². The van der Waals surface area contributed by atoms with Gasteiger partial charge in [-0.3, -0.25) is 0 Å². The van der Waals surface area contributed by atoms with Gasteiger partial charge in [0.1, 0.15) is 0 Å². The van der Waals surface area contributed by atoms with Gasteiger partial charge in [0.05, 0.1) is 5.69 Å². The number of benzene rings is 1. The minimum absolute atomic E-state index is 0.395. The molecule has 3 N–H and O–H groups in total. The van der Waals surface area contributed by atoms with Crippen molar-refractivity contribution >= 4 is 11.7 Å². The standard InChI is InChI=1S/C19H27N3O3/c1-4-6-7-16-15(12-13-8-10-14(20)11-9-13)18(22(3)21-16)25-17(5-2)19(23)24/h8-11,17H,4-7,12,20H2,1-3H3,(H,23,24). The molecule has 136 valence electrons. The Morgan fingerprint density at radius 3 is 2.56 bits per heavy atom. The van der Waals surface area contributed by atoms with Crippen LogP contribution in [0.5, 0.6) is 5.88 Å². The molecular weight excluding hydrogens is 318 g/mol. The van der Waals surface area contributed by atoms with Crippen molar-refractivity contribution in [3.63, 3.8) is 0 Å². The molecule has 0 aliphatic carbocycles. The Bertz CT molecular complexity index is 707. The van der Waals surface area contributed by atoms with Crippen LogP contribution in [0.2, 0.25) is 0 Å². The topological polar surface area (TPSA) is 90.4 Å². The number of nitrogens with zero attached hydrogens (tertiary/aromatic N) is 2. The van der Waals surface area contributed by atoms with Crippen molar-refractivity contribution in [3.8, 4) is 5.88 Å². The van der Waals surface area contributed by atoms with Gasteiger partial charge in [0.25, 0.3) is 0 Å². The van der Waals surface area contributed by atoms with Crippen LogP contribution in [-0.2, 0) is 24.7 Å². The third kappa shape index (κ3) is 4.75. The molecule has 0 aliphatic rings.